The summed E-state index contributed by atoms with van der Waals surface area (Å²) in [7, 11) is 0. The van der Waals surface area contributed by atoms with Gasteiger partial charge in [0.15, 0.2) is 0 Å². The molecule has 0 aliphatic rings. The monoisotopic (exact) mass is 358 g/mol. The van der Waals surface area contributed by atoms with Crippen molar-refractivity contribution in [1.29, 1.82) is 0 Å². The number of nitrogens with two attached hydrogens (primary N) is 1. The zero-order valence-electron chi connectivity index (χ0n) is 12.1. The molecular formula is C16H15BrN4O. The molecule has 2 aromatic heterocycles. The maximum absolute atomic E-state index is 12.8. The first-order valence-corrected chi connectivity index (χ1v) is 7.74. The highest BCUT2D eigenvalue weighted by Gasteiger charge is 2.20. The fourth-order valence-electron chi connectivity index (χ4n) is 2.69. The van der Waals surface area contributed by atoms with Crippen LogP contribution in [0.3, 0.4) is 0 Å². The topological polar surface area (TPSA) is 73.8 Å². The van der Waals surface area contributed by atoms with Crippen LogP contribution >= 0.6 is 15.9 Å². The van der Waals surface area contributed by atoms with E-state index in [-0.39, 0.29) is 5.91 Å². The molecule has 3 rings (SSSR count). The molecule has 5 nitrogen and oxygen atoms in total. The molecule has 0 unspecified atom stereocenters. The Hall–Kier alpha value is -2.05. The molecule has 0 amide bonds. The Kier molecular flexibility index (Phi) is 4.04. The van der Waals surface area contributed by atoms with E-state index in [0.717, 1.165) is 28.6 Å². The van der Waals surface area contributed by atoms with Gasteiger partial charge < -0.3 is 5.73 Å². The maximum Gasteiger partial charge on any atom is 0.282 e. The Bertz CT molecular complexity index is 839. The molecule has 22 heavy (non-hydrogen) atoms. The van der Waals surface area contributed by atoms with Crippen molar-refractivity contribution in [1.82, 2.24) is 14.5 Å². The number of para-hydroxylation sites is 1. The average molecular weight is 359 g/mol. The molecule has 0 saturated heterocycles. The maximum atomic E-state index is 12.8. The van der Waals surface area contributed by atoms with Crippen LogP contribution in [0.1, 0.15) is 21.7 Å². The van der Waals surface area contributed by atoms with Gasteiger partial charge in [0, 0.05) is 11.1 Å². The van der Waals surface area contributed by atoms with E-state index >= 15 is 0 Å². The van der Waals surface area contributed by atoms with Gasteiger partial charge in [0.2, 0.25) is 0 Å². The molecule has 0 radical (unpaired) electrons. The van der Waals surface area contributed by atoms with Crippen molar-refractivity contribution in [2.24, 2.45) is 5.73 Å². The third kappa shape index (κ3) is 2.44. The smallest absolute Gasteiger partial charge is 0.282 e. The van der Waals surface area contributed by atoms with Crippen LogP contribution in [-0.4, -0.2) is 27.0 Å². The summed E-state index contributed by atoms with van der Waals surface area (Å²) in [6, 6.07) is 7.85. The zero-order chi connectivity index (χ0) is 15.7. The van der Waals surface area contributed by atoms with Gasteiger partial charge in [-0.15, -0.1) is 0 Å². The summed E-state index contributed by atoms with van der Waals surface area (Å²) in [4.78, 5) is 21.1. The fourth-order valence-corrected chi connectivity index (χ4v) is 2.90. The summed E-state index contributed by atoms with van der Waals surface area (Å²) in [6.07, 6.45) is 3.73. The highest BCUT2D eigenvalue weighted by Crippen LogP contribution is 2.26. The molecule has 0 spiro atoms. The van der Waals surface area contributed by atoms with Crippen LogP contribution in [0.25, 0.3) is 10.9 Å². The molecule has 6 heteroatoms. The molecule has 0 bridgehead atoms. The number of aromatic nitrogens is 3. The van der Waals surface area contributed by atoms with E-state index in [2.05, 4.69) is 25.9 Å². The normalized spacial score (nSPS) is 11.0. The number of hydrogen-bond acceptors (Lipinski definition) is 4. The summed E-state index contributed by atoms with van der Waals surface area (Å²) < 4.78 is 2.29. The quantitative estimate of drug-likeness (QED) is 0.780. The Morgan fingerprint density at radius 2 is 2.05 bits per heavy atom. The molecular weight excluding hydrogens is 344 g/mol. The Morgan fingerprint density at radius 1 is 1.27 bits per heavy atom. The number of carbonyl (C=O) groups is 1. The second-order valence-electron chi connectivity index (χ2n) is 4.98. The van der Waals surface area contributed by atoms with Crippen LogP contribution in [0.2, 0.25) is 0 Å². The van der Waals surface area contributed by atoms with E-state index in [1.165, 1.54) is 12.4 Å². The minimum absolute atomic E-state index is 0.183. The molecule has 0 atom stereocenters. The van der Waals surface area contributed by atoms with Crippen LogP contribution in [0, 0.1) is 6.92 Å². The van der Waals surface area contributed by atoms with Crippen LogP contribution in [0.4, 0.5) is 0 Å². The number of fused-ring (bicyclic) bond motifs is 1. The summed E-state index contributed by atoms with van der Waals surface area (Å²) >= 11 is 3.22. The Labute approximate surface area is 136 Å². The van der Waals surface area contributed by atoms with Crippen molar-refractivity contribution >= 4 is 32.7 Å². The van der Waals surface area contributed by atoms with Crippen molar-refractivity contribution < 1.29 is 4.79 Å². The lowest BCUT2D eigenvalue weighted by atomic mass is 10.1. The molecule has 2 N–H and O–H groups in total. The number of nitrogens with zero attached hydrogens (tertiary/aromatic N) is 3. The molecule has 0 fully saturated rings. The highest BCUT2D eigenvalue weighted by atomic mass is 79.9. The van der Waals surface area contributed by atoms with Gasteiger partial charge >= 0.3 is 0 Å². The van der Waals surface area contributed by atoms with Crippen molar-refractivity contribution in [2.75, 3.05) is 6.54 Å². The van der Waals surface area contributed by atoms with E-state index in [9.17, 15) is 4.79 Å². The summed E-state index contributed by atoms with van der Waals surface area (Å²) in [6.45, 7) is 2.48. The van der Waals surface area contributed by atoms with Gasteiger partial charge in [-0.2, -0.15) is 0 Å². The summed E-state index contributed by atoms with van der Waals surface area (Å²) in [5.41, 5.74) is 8.91. The minimum Gasteiger partial charge on any atom is -0.330 e. The van der Waals surface area contributed by atoms with Crippen molar-refractivity contribution in [2.45, 2.75) is 13.3 Å². The first kappa shape index (κ1) is 14.9. The fraction of sp³-hybridized carbons (Fsp3) is 0.188. The van der Waals surface area contributed by atoms with Crippen LogP contribution in [0.5, 0.6) is 0 Å². The standard InChI is InChI=1S/C16H15BrN4O/c1-10-11(6-7-18)12-4-2-3-5-14(12)21(10)16(22)13-8-20-15(17)9-19-13/h2-5,8-9H,6-7,18H2,1H3. The number of carbonyl (C=O) groups excluding carboxylic acids is 1. The highest BCUT2D eigenvalue weighted by molar-refractivity contribution is 9.10. The zero-order valence-corrected chi connectivity index (χ0v) is 13.7. The van der Waals surface area contributed by atoms with Gasteiger partial charge in [-0.1, -0.05) is 18.2 Å². The van der Waals surface area contributed by atoms with Crippen LogP contribution < -0.4 is 5.73 Å². The summed E-state index contributed by atoms with van der Waals surface area (Å²) in [5, 5.41) is 1.06. The largest absolute Gasteiger partial charge is 0.330 e. The Balaban J connectivity index is 2.20. The van der Waals surface area contributed by atoms with Crippen molar-refractivity contribution in [3.8, 4) is 0 Å². The minimum atomic E-state index is -0.183. The van der Waals surface area contributed by atoms with E-state index in [0.29, 0.717) is 16.8 Å². The van der Waals surface area contributed by atoms with E-state index in [1.807, 2.05) is 31.2 Å². The molecule has 2 heterocycles. The third-order valence-electron chi connectivity index (χ3n) is 3.68. The van der Waals surface area contributed by atoms with Crippen LogP contribution in [0.15, 0.2) is 41.3 Å². The number of rotatable bonds is 3. The molecule has 0 aliphatic heterocycles. The lowest BCUT2D eigenvalue weighted by Crippen LogP contribution is -2.16. The van der Waals surface area contributed by atoms with Gasteiger partial charge in [-0.3, -0.25) is 9.36 Å². The average Bonchev–Trinajstić information content (AvgIpc) is 2.80. The number of halogens is 1. The van der Waals surface area contributed by atoms with Crippen LogP contribution in [-0.2, 0) is 6.42 Å². The molecule has 3 aromatic rings. The van der Waals surface area contributed by atoms with Gasteiger partial charge in [-0.25, -0.2) is 9.97 Å². The van der Waals surface area contributed by atoms with Gasteiger partial charge in [0.1, 0.15) is 10.3 Å². The molecule has 0 aliphatic carbocycles. The predicted molar refractivity (Wildman–Crippen MR) is 88.9 cm³/mol. The molecule has 0 saturated carbocycles. The van der Waals surface area contributed by atoms with Gasteiger partial charge in [-0.05, 0) is 47.4 Å². The lowest BCUT2D eigenvalue weighted by Gasteiger charge is -2.06. The van der Waals surface area contributed by atoms with Gasteiger partial charge in [0.25, 0.3) is 5.91 Å². The SMILES string of the molecule is Cc1c(CCN)c2ccccc2n1C(=O)c1cnc(Br)cn1. The first-order valence-electron chi connectivity index (χ1n) is 6.94. The summed E-state index contributed by atoms with van der Waals surface area (Å²) in [5.74, 6) is -0.183. The number of hydrogen-bond donors (Lipinski definition) is 1. The van der Waals surface area contributed by atoms with E-state index in [1.54, 1.807) is 4.57 Å². The second kappa shape index (κ2) is 5.98. The predicted octanol–water partition coefficient (Wildman–Crippen LogP) is 2.69. The molecule has 1 aromatic carbocycles. The van der Waals surface area contributed by atoms with Crippen molar-refractivity contribution in [3.05, 3.63) is 58.2 Å². The second-order valence-corrected chi connectivity index (χ2v) is 5.80. The molecule has 112 valence electrons. The first-order chi connectivity index (χ1) is 10.6. The van der Waals surface area contributed by atoms with Crippen molar-refractivity contribution in [3.63, 3.8) is 0 Å². The number of benzene rings is 1. The van der Waals surface area contributed by atoms with E-state index in [4.69, 9.17) is 5.73 Å². The van der Waals surface area contributed by atoms with E-state index < -0.39 is 0 Å². The lowest BCUT2D eigenvalue weighted by molar-refractivity contribution is 0.0957. The van der Waals surface area contributed by atoms with Gasteiger partial charge in [0.05, 0.1) is 17.9 Å². The third-order valence-corrected chi connectivity index (χ3v) is 4.09. The Morgan fingerprint density at radius 3 is 2.73 bits per heavy atom.